The number of hydrogen-bond acceptors (Lipinski definition) is 5. The van der Waals surface area contributed by atoms with Crippen LogP contribution in [0.15, 0.2) is 24.4 Å². The fraction of sp³-hybridized carbons (Fsp3) is 0.500. The Kier molecular flexibility index (Phi) is 6.21. The number of aryl methyl sites for hydroxylation is 1. The lowest BCUT2D eigenvalue weighted by Crippen LogP contribution is -2.49. The Bertz CT molecular complexity index is 855. The van der Waals surface area contributed by atoms with Gasteiger partial charge in [0.1, 0.15) is 11.8 Å². The molecule has 0 aliphatic carbocycles. The average Bonchev–Trinajstić information content (AvgIpc) is 3.04. The van der Waals surface area contributed by atoms with Gasteiger partial charge in [-0.25, -0.2) is 0 Å². The van der Waals surface area contributed by atoms with Crippen molar-refractivity contribution in [2.45, 2.75) is 25.9 Å². The van der Waals surface area contributed by atoms with Crippen LogP contribution in [0, 0.1) is 0 Å². The Morgan fingerprint density at radius 1 is 1.18 bits per heavy atom. The molecule has 1 atom stereocenters. The number of methoxy groups -OCH3 is 1. The van der Waals surface area contributed by atoms with Crippen LogP contribution in [-0.2, 0) is 16.1 Å². The lowest BCUT2D eigenvalue weighted by Gasteiger charge is -2.37. The van der Waals surface area contributed by atoms with Crippen LogP contribution in [0.3, 0.4) is 0 Å². The number of benzene rings is 1. The molecule has 152 valence electrons. The molecule has 1 aliphatic rings. The molecule has 1 saturated heterocycles. The smallest absolute Gasteiger partial charge is 0.325 e. The van der Waals surface area contributed by atoms with Crippen molar-refractivity contribution in [3.63, 3.8) is 0 Å². The van der Waals surface area contributed by atoms with E-state index >= 15 is 0 Å². The van der Waals surface area contributed by atoms with Crippen LogP contribution in [0.1, 0.15) is 24.9 Å². The number of fused-ring (bicyclic) bond motifs is 1. The highest BCUT2D eigenvalue weighted by Gasteiger charge is 2.32. The van der Waals surface area contributed by atoms with E-state index in [4.69, 9.17) is 9.84 Å². The summed E-state index contributed by atoms with van der Waals surface area (Å²) in [6, 6.07) is 4.71. The molecule has 8 nitrogen and oxygen atoms in total. The number of hydrogen-bond donors (Lipinski definition) is 2. The van der Waals surface area contributed by atoms with Crippen molar-refractivity contribution in [2.75, 3.05) is 39.8 Å². The molecule has 1 unspecified atom stereocenters. The predicted molar refractivity (Wildman–Crippen MR) is 105 cm³/mol. The largest absolute Gasteiger partial charge is 0.497 e. The molecule has 8 heteroatoms. The molecule has 1 aliphatic heterocycles. The molecular formula is C20H27N3O5. The maximum Gasteiger partial charge on any atom is 0.325 e. The second kappa shape index (κ2) is 8.62. The Morgan fingerprint density at radius 3 is 2.46 bits per heavy atom. The van der Waals surface area contributed by atoms with Crippen molar-refractivity contribution in [3.8, 4) is 5.75 Å². The normalized spacial score (nSPS) is 16.9. The quantitative estimate of drug-likeness (QED) is 0.712. The van der Waals surface area contributed by atoms with Gasteiger partial charge in [-0.05, 0) is 24.7 Å². The third-order valence-corrected chi connectivity index (χ3v) is 5.43. The van der Waals surface area contributed by atoms with Crippen LogP contribution < -0.4 is 4.74 Å². The first-order valence-corrected chi connectivity index (χ1v) is 9.52. The number of carboxylic acids is 2. The topological polar surface area (TPSA) is 95.2 Å². The number of carboxylic acid groups (broad SMARTS) is 2. The van der Waals surface area contributed by atoms with Crippen molar-refractivity contribution >= 4 is 22.8 Å². The summed E-state index contributed by atoms with van der Waals surface area (Å²) in [5.74, 6) is -1.14. The van der Waals surface area contributed by atoms with Crippen LogP contribution in [0.5, 0.6) is 5.75 Å². The lowest BCUT2D eigenvalue weighted by atomic mass is 10.0. The molecule has 2 N–H and O–H groups in total. The Hall–Kier alpha value is -2.58. The molecule has 0 bridgehead atoms. The minimum atomic E-state index is -0.898. The fourth-order valence-electron chi connectivity index (χ4n) is 3.87. The number of aliphatic carboxylic acids is 2. The first-order valence-electron chi connectivity index (χ1n) is 9.52. The average molecular weight is 389 g/mol. The van der Waals surface area contributed by atoms with Crippen LogP contribution in [-0.4, -0.2) is 76.4 Å². The molecule has 0 saturated carbocycles. The number of rotatable bonds is 8. The van der Waals surface area contributed by atoms with Crippen molar-refractivity contribution in [1.82, 2.24) is 14.4 Å². The molecule has 0 radical (unpaired) electrons. The van der Waals surface area contributed by atoms with Gasteiger partial charge < -0.3 is 24.4 Å². The third kappa shape index (κ3) is 4.13. The summed E-state index contributed by atoms with van der Waals surface area (Å²) >= 11 is 0. The number of aromatic nitrogens is 1. The standard InChI is InChI=1S/C20H27N3O5/c1-3-21-8-10-22(11-9-21)19(20(26)27)16-13-23(7-6-18(24)25)17-5-4-14(28-2)12-15(16)17/h4-5,12-13,19H,3,6-11H2,1-2H3,(H,24,25)(H,26,27). The minimum absolute atomic E-state index is 0.0256. The predicted octanol–water partition coefficient (Wildman–Crippen LogP) is 1.89. The summed E-state index contributed by atoms with van der Waals surface area (Å²) in [7, 11) is 1.57. The van der Waals surface area contributed by atoms with Crippen molar-refractivity contribution in [2.24, 2.45) is 0 Å². The van der Waals surface area contributed by atoms with Crippen molar-refractivity contribution < 1.29 is 24.5 Å². The van der Waals surface area contributed by atoms with Gasteiger partial charge in [-0.3, -0.25) is 14.5 Å². The van der Waals surface area contributed by atoms with Crippen LogP contribution in [0.2, 0.25) is 0 Å². The van der Waals surface area contributed by atoms with E-state index in [-0.39, 0.29) is 13.0 Å². The number of likely N-dealkylation sites (N-methyl/N-ethyl adjacent to an activating group) is 1. The monoisotopic (exact) mass is 389 g/mol. The fourth-order valence-corrected chi connectivity index (χ4v) is 3.87. The molecule has 0 spiro atoms. The molecular weight excluding hydrogens is 362 g/mol. The van der Waals surface area contributed by atoms with Gasteiger partial charge in [0.15, 0.2) is 0 Å². The maximum atomic E-state index is 12.2. The van der Waals surface area contributed by atoms with Crippen LogP contribution in [0.25, 0.3) is 10.9 Å². The second-order valence-corrected chi connectivity index (χ2v) is 7.02. The summed E-state index contributed by atoms with van der Waals surface area (Å²) in [5.41, 5.74) is 1.49. The van der Waals surface area contributed by atoms with E-state index in [9.17, 15) is 14.7 Å². The van der Waals surface area contributed by atoms with E-state index in [1.807, 2.05) is 21.6 Å². The van der Waals surface area contributed by atoms with E-state index < -0.39 is 18.0 Å². The number of piperazine rings is 1. The molecule has 28 heavy (non-hydrogen) atoms. The van der Waals surface area contributed by atoms with Gasteiger partial charge in [-0.2, -0.15) is 0 Å². The van der Waals surface area contributed by atoms with Gasteiger partial charge in [0.05, 0.1) is 13.5 Å². The summed E-state index contributed by atoms with van der Waals surface area (Å²) in [5, 5.41) is 19.9. The zero-order chi connectivity index (χ0) is 20.3. The summed E-state index contributed by atoms with van der Waals surface area (Å²) in [6.07, 6.45) is 1.76. The highest BCUT2D eigenvalue weighted by Crippen LogP contribution is 2.33. The zero-order valence-electron chi connectivity index (χ0n) is 16.3. The Labute approximate surface area is 163 Å². The lowest BCUT2D eigenvalue weighted by molar-refractivity contribution is -0.144. The van der Waals surface area contributed by atoms with E-state index in [1.165, 1.54) is 0 Å². The van der Waals surface area contributed by atoms with Crippen LogP contribution >= 0.6 is 0 Å². The van der Waals surface area contributed by atoms with E-state index in [0.717, 1.165) is 30.5 Å². The first-order chi connectivity index (χ1) is 13.4. The van der Waals surface area contributed by atoms with E-state index in [0.29, 0.717) is 24.4 Å². The van der Waals surface area contributed by atoms with Gasteiger partial charge in [0, 0.05) is 55.4 Å². The summed E-state index contributed by atoms with van der Waals surface area (Å²) in [6.45, 7) is 6.37. The first kappa shape index (κ1) is 20.2. The van der Waals surface area contributed by atoms with Gasteiger partial charge in [-0.1, -0.05) is 6.92 Å². The van der Waals surface area contributed by atoms with Crippen molar-refractivity contribution in [1.29, 1.82) is 0 Å². The van der Waals surface area contributed by atoms with E-state index in [1.54, 1.807) is 19.4 Å². The van der Waals surface area contributed by atoms with Gasteiger partial charge in [-0.15, -0.1) is 0 Å². The maximum absolute atomic E-state index is 12.2. The number of ether oxygens (including phenoxy) is 1. The van der Waals surface area contributed by atoms with Gasteiger partial charge in [0.2, 0.25) is 0 Å². The number of carbonyl (C=O) groups is 2. The molecule has 1 aromatic heterocycles. The Morgan fingerprint density at radius 2 is 1.89 bits per heavy atom. The molecule has 0 amide bonds. The highest BCUT2D eigenvalue weighted by molar-refractivity contribution is 5.90. The van der Waals surface area contributed by atoms with Gasteiger partial charge in [0.25, 0.3) is 0 Å². The summed E-state index contributed by atoms with van der Waals surface area (Å²) in [4.78, 5) is 27.5. The Balaban J connectivity index is 2.02. The SMILES string of the molecule is CCN1CCN(C(C(=O)O)c2cn(CCC(=O)O)c3ccc(OC)cc23)CC1. The number of nitrogens with zero attached hydrogens (tertiary/aromatic N) is 3. The molecule has 2 aromatic rings. The summed E-state index contributed by atoms with van der Waals surface area (Å²) < 4.78 is 7.16. The zero-order valence-corrected chi connectivity index (χ0v) is 16.3. The highest BCUT2D eigenvalue weighted by atomic mass is 16.5. The second-order valence-electron chi connectivity index (χ2n) is 7.02. The molecule has 1 aromatic carbocycles. The molecule has 1 fully saturated rings. The van der Waals surface area contributed by atoms with E-state index in [2.05, 4.69) is 11.8 Å². The minimum Gasteiger partial charge on any atom is -0.497 e. The van der Waals surface area contributed by atoms with Crippen molar-refractivity contribution in [3.05, 3.63) is 30.0 Å². The van der Waals surface area contributed by atoms with Crippen LogP contribution in [0.4, 0.5) is 0 Å². The molecule has 3 rings (SSSR count). The third-order valence-electron chi connectivity index (χ3n) is 5.43. The molecule has 2 heterocycles. The van der Waals surface area contributed by atoms with Gasteiger partial charge >= 0.3 is 11.9 Å².